The Labute approximate surface area is 55.9 Å². The summed E-state index contributed by atoms with van der Waals surface area (Å²) in [6.45, 7) is 1.95. The Morgan fingerprint density at radius 3 is 2.44 bits per heavy atom. The molecule has 1 rings (SSSR count). The Kier molecular flexibility index (Phi) is 4.67. The van der Waals surface area contributed by atoms with Gasteiger partial charge < -0.3 is 14.2 Å². The van der Waals surface area contributed by atoms with Gasteiger partial charge in [0.2, 0.25) is 0 Å². The van der Waals surface area contributed by atoms with E-state index in [2.05, 4.69) is 0 Å². The van der Waals surface area contributed by atoms with Gasteiger partial charge in [-0.05, 0) is 0 Å². The van der Waals surface area contributed by atoms with Gasteiger partial charge in [-0.2, -0.15) is 0 Å². The number of rotatable bonds is 2. The zero-order valence-corrected chi connectivity index (χ0v) is 4.92. The van der Waals surface area contributed by atoms with E-state index in [4.69, 9.17) is 14.2 Å². The van der Waals surface area contributed by atoms with Gasteiger partial charge in [0, 0.05) is 7.11 Å². The number of hydrogen-bond acceptors (Lipinski definition) is 3. The van der Waals surface area contributed by atoms with Gasteiger partial charge in [-0.25, -0.2) is 0 Å². The topological polar surface area (TPSA) is 27.7 Å². The zero-order chi connectivity index (χ0) is 5.82. The fourth-order valence-electron chi connectivity index (χ4n) is 0.640. The molecule has 0 unspecified atom stereocenters. The van der Waals surface area contributed by atoms with Gasteiger partial charge in [-0.15, -0.1) is 0 Å². The van der Waals surface area contributed by atoms with E-state index in [1.807, 2.05) is 0 Å². The normalized spacial score (nSPS) is 19.7. The minimum Gasteiger partial charge on any atom is -0.379 e. The van der Waals surface area contributed by atoms with Gasteiger partial charge in [0.25, 0.3) is 0 Å². The third kappa shape index (κ3) is 2.79. The lowest BCUT2D eigenvalue weighted by Gasteiger charge is -2.04. The molecule has 0 spiro atoms. The Morgan fingerprint density at radius 1 is 1.44 bits per heavy atom. The molecule has 0 atom stereocenters. The summed E-state index contributed by atoms with van der Waals surface area (Å²) in [6, 6.07) is 0. The molecule has 0 aromatic rings. The molecule has 3 heteroatoms. The van der Waals surface area contributed by atoms with Gasteiger partial charge in [0.1, 0.15) is 0 Å². The molecular weight excluding hydrogens is 120 g/mol. The van der Waals surface area contributed by atoms with E-state index in [1.54, 1.807) is 7.11 Å². The fraction of sp³-hybridized carbons (Fsp3) is 1.00. The standard InChI is InChI=1S/C5H10O3.CH4/c1-6-4-5-7-2-3-8-5;/h5H,2-4H2,1H3;1H4. The number of methoxy groups -OCH3 is 1. The summed E-state index contributed by atoms with van der Waals surface area (Å²) in [7, 11) is 1.63. The zero-order valence-electron chi connectivity index (χ0n) is 4.92. The summed E-state index contributed by atoms with van der Waals surface area (Å²) >= 11 is 0. The first kappa shape index (κ1) is 8.88. The maximum absolute atomic E-state index is 5.05. The van der Waals surface area contributed by atoms with E-state index in [0.717, 1.165) is 0 Å². The maximum Gasteiger partial charge on any atom is 0.181 e. The summed E-state index contributed by atoms with van der Waals surface area (Å²) in [5.74, 6) is 0. The molecule has 0 aromatic heterocycles. The van der Waals surface area contributed by atoms with Gasteiger partial charge in [-0.1, -0.05) is 7.43 Å². The van der Waals surface area contributed by atoms with Crippen LogP contribution in [0.1, 0.15) is 7.43 Å². The Morgan fingerprint density at radius 2 is 2.00 bits per heavy atom. The van der Waals surface area contributed by atoms with Gasteiger partial charge in [-0.3, -0.25) is 0 Å². The minimum absolute atomic E-state index is 0. The average molecular weight is 134 g/mol. The van der Waals surface area contributed by atoms with Crippen molar-refractivity contribution in [3.8, 4) is 0 Å². The quantitative estimate of drug-likeness (QED) is 0.554. The summed E-state index contributed by atoms with van der Waals surface area (Å²) in [5, 5.41) is 0. The van der Waals surface area contributed by atoms with Crippen LogP contribution < -0.4 is 0 Å². The molecule has 1 aliphatic rings. The molecule has 1 fully saturated rings. The molecule has 0 bridgehead atoms. The molecule has 0 saturated carbocycles. The van der Waals surface area contributed by atoms with E-state index in [0.29, 0.717) is 19.8 Å². The summed E-state index contributed by atoms with van der Waals surface area (Å²) in [5.41, 5.74) is 0. The lowest BCUT2D eigenvalue weighted by Crippen LogP contribution is -2.14. The molecule has 0 radical (unpaired) electrons. The highest BCUT2D eigenvalue weighted by atomic mass is 16.7. The van der Waals surface area contributed by atoms with E-state index in [-0.39, 0.29) is 13.7 Å². The first-order valence-electron chi connectivity index (χ1n) is 2.65. The molecule has 0 amide bonds. The minimum atomic E-state index is -0.111. The summed E-state index contributed by atoms with van der Waals surface area (Å²) in [6.07, 6.45) is -0.111. The molecule has 56 valence electrons. The second-order valence-corrected chi connectivity index (χ2v) is 1.63. The van der Waals surface area contributed by atoms with Crippen LogP contribution in [0.4, 0.5) is 0 Å². The van der Waals surface area contributed by atoms with E-state index >= 15 is 0 Å². The van der Waals surface area contributed by atoms with Crippen LogP contribution in [0.15, 0.2) is 0 Å². The van der Waals surface area contributed by atoms with Crippen molar-refractivity contribution in [1.82, 2.24) is 0 Å². The van der Waals surface area contributed by atoms with Crippen molar-refractivity contribution in [2.75, 3.05) is 26.9 Å². The van der Waals surface area contributed by atoms with Crippen LogP contribution in [0.2, 0.25) is 0 Å². The number of hydrogen-bond donors (Lipinski definition) is 0. The first-order chi connectivity index (χ1) is 3.93. The molecule has 0 aliphatic carbocycles. The molecule has 1 aliphatic heterocycles. The predicted molar refractivity (Wildman–Crippen MR) is 34.3 cm³/mol. The van der Waals surface area contributed by atoms with Crippen molar-refractivity contribution in [2.45, 2.75) is 13.7 Å². The summed E-state index contributed by atoms with van der Waals surface area (Å²) in [4.78, 5) is 0. The van der Waals surface area contributed by atoms with Crippen molar-refractivity contribution in [3.63, 3.8) is 0 Å². The molecule has 9 heavy (non-hydrogen) atoms. The first-order valence-corrected chi connectivity index (χ1v) is 2.65. The fourth-order valence-corrected chi connectivity index (χ4v) is 0.640. The molecule has 1 heterocycles. The van der Waals surface area contributed by atoms with Gasteiger partial charge >= 0.3 is 0 Å². The smallest absolute Gasteiger partial charge is 0.181 e. The lowest BCUT2D eigenvalue weighted by atomic mass is 10.7. The molecule has 0 N–H and O–H groups in total. The highest BCUT2D eigenvalue weighted by Gasteiger charge is 2.14. The van der Waals surface area contributed by atoms with E-state index in [9.17, 15) is 0 Å². The van der Waals surface area contributed by atoms with Crippen LogP contribution in [0, 0.1) is 0 Å². The second-order valence-electron chi connectivity index (χ2n) is 1.63. The maximum atomic E-state index is 5.05. The summed E-state index contributed by atoms with van der Waals surface area (Å²) < 4.78 is 14.9. The van der Waals surface area contributed by atoms with Crippen LogP contribution in [0.25, 0.3) is 0 Å². The van der Waals surface area contributed by atoms with Crippen molar-refractivity contribution in [2.24, 2.45) is 0 Å². The van der Waals surface area contributed by atoms with Crippen molar-refractivity contribution in [3.05, 3.63) is 0 Å². The Balaban J connectivity index is 0.000000640. The third-order valence-electron chi connectivity index (χ3n) is 0.994. The third-order valence-corrected chi connectivity index (χ3v) is 0.994. The lowest BCUT2D eigenvalue weighted by molar-refractivity contribution is -0.0846. The monoisotopic (exact) mass is 134 g/mol. The SMILES string of the molecule is C.COCC1OCCO1. The van der Waals surface area contributed by atoms with E-state index in [1.165, 1.54) is 0 Å². The molecule has 3 nitrogen and oxygen atoms in total. The van der Waals surface area contributed by atoms with Gasteiger partial charge in [0.05, 0.1) is 19.8 Å². The van der Waals surface area contributed by atoms with Crippen molar-refractivity contribution < 1.29 is 14.2 Å². The largest absolute Gasteiger partial charge is 0.379 e. The second kappa shape index (κ2) is 4.73. The van der Waals surface area contributed by atoms with Crippen LogP contribution in [-0.4, -0.2) is 33.2 Å². The van der Waals surface area contributed by atoms with Crippen LogP contribution in [0.3, 0.4) is 0 Å². The highest BCUT2D eigenvalue weighted by molar-refractivity contribution is 4.47. The van der Waals surface area contributed by atoms with Crippen LogP contribution >= 0.6 is 0 Å². The average Bonchev–Trinajstić information content (AvgIpc) is 2.19. The van der Waals surface area contributed by atoms with Crippen molar-refractivity contribution in [1.29, 1.82) is 0 Å². The highest BCUT2D eigenvalue weighted by Crippen LogP contribution is 2.02. The van der Waals surface area contributed by atoms with E-state index < -0.39 is 0 Å². The number of ether oxygens (including phenoxy) is 3. The van der Waals surface area contributed by atoms with Crippen LogP contribution in [0.5, 0.6) is 0 Å². The Bertz CT molecular complexity index is 59.3. The molecular formula is C6H14O3. The van der Waals surface area contributed by atoms with Crippen LogP contribution in [-0.2, 0) is 14.2 Å². The molecule has 0 aromatic carbocycles. The van der Waals surface area contributed by atoms with Gasteiger partial charge in [0.15, 0.2) is 6.29 Å². The predicted octanol–water partition coefficient (Wildman–Crippen LogP) is 0.642. The Hall–Kier alpha value is -0.120. The van der Waals surface area contributed by atoms with Crippen molar-refractivity contribution >= 4 is 0 Å². The molecule has 1 saturated heterocycles.